The minimum absolute atomic E-state index is 0.0622. The maximum absolute atomic E-state index is 12.1. The summed E-state index contributed by atoms with van der Waals surface area (Å²) in [5, 5.41) is 13.1. The van der Waals surface area contributed by atoms with Gasteiger partial charge in [-0.2, -0.15) is 0 Å². The summed E-state index contributed by atoms with van der Waals surface area (Å²) in [4.78, 5) is 45.9. The van der Waals surface area contributed by atoms with Crippen molar-refractivity contribution in [3.63, 3.8) is 0 Å². The van der Waals surface area contributed by atoms with E-state index in [1.54, 1.807) is 24.3 Å². The largest absolute Gasteiger partial charge is 0.467 e. The topological polar surface area (TPSA) is 125 Å². The van der Waals surface area contributed by atoms with Gasteiger partial charge in [-0.25, -0.2) is 9.59 Å². The van der Waals surface area contributed by atoms with Crippen LogP contribution in [0.5, 0.6) is 0 Å². The Morgan fingerprint density at radius 1 is 1.07 bits per heavy atom. The highest BCUT2D eigenvalue weighted by Crippen LogP contribution is 2.12. The van der Waals surface area contributed by atoms with Gasteiger partial charge in [0.2, 0.25) is 0 Å². The molecule has 0 radical (unpaired) electrons. The second kappa shape index (κ2) is 9.81. The van der Waals surface area contributed by atoms with E-state index in [0.29, 0.717) is 0 Å². The van der Waals surface area contributed by atoms with E-state index in [0.717, 1.165) is 17.7 Å². The average Bonchev–Trinajstić information content (AvgIpc) is 2.71. The molecule has 1 atom stereocenters. The molecule has 0 aliphatic rings. The number of nitro benzene ring substituents is 1. The molecule has 0 saturated heterocycles. The smallest absolute Gasteiger partial charge is 0.338 e. The first-order chi connectivity index (χ1) is 13.4. The molecule has 0 unspecified atom stereocenters. The standard InChI is InChI=1S/C19H18N2O7/c1-27-19(24)16(11-13-5-3-2-4-6-13)20-17(22)12-28-18(23)14-7-9-15(10-8-14)21(25)26/h2-10,16H,11-12H2,1H3,(H,20,22)/t16-/m1/s1. The zero-order valence-corrected chi connectivity index (χ0v) is 15.0. The molecule has 1 N–H and O–H groups in total. The Hall–Kier alpha value is -3.75. The van der Waals surface area contributed by atoms with Gasteiger partial charge >= 0.3 is 11.9 Å². The third kappa shape index (κ3) is 5.90. The molecule has 146 valence electrons. The van der Waals surface area contributed by atoms with Crippen LogP contribution in [-0.4, -0.2) is 42.5 Å². The normalized spacial score (nSPS) is 11.2. The summed E-state index contributed by atoms with van der Waals surface area (Å²) in [6.07, 6.45) is 0.218. The van der Waals surface area contributed by atoms with E-state index < -0.39 is 35.4 Å². The molecule has 0 aliphatic heterocycles. The van der Waals surface area contributed by atoms with Crippen molar-refractivity contribution in [2.45, 2.75) is 12.5 Å². The van der Waals surface area contributed by atoms with Gasteiger partial charge in [-0.1, -0.05) is 30.3 Å². The summed E-state index contributed by atoms with van der Waals surface area (Å²) in [6, 6.07) is 12.9. The molecule has 2 rings (SSSR count). The number of benzene rings is 2. The molecule has 9 heteroatoms. The monoisotopic (exact) mass is 386 g/mol. The van der Waals surface area contributed by atoms with Crippen molar-refractivity contribution in [3.05, 3.63) is 75.8 Å². The number of carbonyl (C=O) groups is 3. The van der Waals surface area contributed by atoms with Gasteiger partial charge in [-0.05, 0) is 17.7 Å². The van der Waals surface area contributed by atoms with E-state index in [2.05, 4.69) is 5.32 Å². The van der Waals surface area contributed by atoms with Gasteiger partial charge in [-0.15, -0.1) is 0 Å². The van der Waals surface area contributed by atoms with Crippen molar-refractivity contribution >= 4 is 23.5 Å². The first kappa shape index (κ1) is 20.6. The molecule has 28 heavy (non-hydrogen) atoms. The van der Waals surface area contributed by atoms with Crippen molar-refractivity contribution in [2.24, 2.45) is 0 Å². The van der Waals surface area contributed by atoms with Crippen LogP contribution in [0.25, 0.3) is 0 Å². The predicted octanol–water partition coefficient (Wildman–Crippen LogP) is 1.65. The second-order valence-corrected chi connectivity index (χ2v) is 5.71. The Morgan fingerprint density at radius 3 is 2.29 bits per heavy atom. The fraction of sp³-hybridized carbons (Fsp3) is 0.211. The maximum Gasteiger partial charge on any atom is 0.338 e. The first-order valence-corrected chi connectivity index (χ1v) is 8.23. The number of hydrogen-bond acceptors (Lipinski definition) is 7. The highest BCUT2D eigenvalue weighted by molar-refractivity contribution is 5.92. The summed E-state index contributed by atoms with van der Waals surface area (Å²) in [7, 11) is 1.21. The Bertz CT molecular complexity index is 850. The molecule has 9 nitrogen and oxygen atoms in total. The minimum Gasteiger partial charge on any atom is -0.467 e. The van der Waals surface area contributed by atoms with Crippen molar-refractivity contribution < 1.29 is 28.8 Å². The van der Waals surface area contributed by atoms with Gasteiger partial charge in [0, 0.05) is 18.6 Å². The van der Waals surface area contributed by atoms with Crippen LogP contribution in [0.1, 0.15) is 15.9 Å². The number of ether oxygens (including phenoxy) is 2. The third-order valence-corrected chi connectivity index (χ3v) is 3.75. The SMILES string of the molecule is COC(=O)[C@@H](Cc1ccccc1)NC(=O)COC(=O)c1ccc([N+](=O)[O-])cc1. The molecular formula is C19H18N2O7. The Balaban J connectivity index is 1.91. The second-order valence-electron chi connectivity index (χ2n) is 5.71. The highest BCUT2D eigenvalue weighted by atomic mass is 16.6. The van der Waals surface area contributed by atoms with Crippen molar-refractivity contribution in [1.82, 2.24) is 5.32 Å². The first-order valence-electron chi connectivity index (χ1n) is 8.23. The van der Waals surface area contributed by atoms with E-state index in [1.807, 2.05) is 6.07 Å². The number of hydrogen-bond donors (Lipinski definition) is 1. The van der Waals surface area contributed by atoms with Crippen LogP contribution < -0.4 is 5.32 Å². The number of carbonyl (C=O) groups excluding carboxylic acids is 3. The van der Waals surface area contributed by atoms with Crippen LogP contribution in [0.3, 0.4) is 0 Å². The lowest BCUT2D eigenvalue weighted by molar-refractivity contribution is -0.384. The fourth-order valence-corrected chi connectivity index (χ4v) is 2.35. The fourth-order valence-electron chi connectivity index (χ4n) is 2.35. The number of amides is 1. The summed E-state index contributed by atoms with van der Waals surface area (Å²) in [5.41, 5.74) is 0.712. The van der Waals surface area contributed by atoms with Crippen LogP contribution in [0.15, 0.2) is 54.6 Å². The van der Waals surface area contributed by atoms with E-state index in [4.69, 9.17) is 9.47 Å². The summed E-state index contributed by atoms with van der Waals surface area (Å²) in [6.45, 7) is -0.613. The van der Waals surface area contributed by atoms with Gasteiger partial charge in [0.05, 0.1) is 17.6 Å². The molecule has 0 bridgehead atoms. The average molecular weight is 386 g/mol. The Kier molecular flexibility index (Phi) is 7.21. The third-order valence-electron chi connectivity index (χ3n) is 3.75. The van der Waals surface area contributed by atoms with Crippen molar-refractivity contribution in [3.8, 4) is 0 Å². The molecule has 0 saturated carbocycles. The van der Waals surface area contributed by atoms with Crippen molar-refractivity contribution in [1.29, 1.82) is 0 Å². The molecule has 0 fully saturated rings. The lowest BCUT2D eigenvalue weighted by Crippen LogP contribution is -2.44. The quantitative estimate of drug-likeness (QED) is 0.415. The number of methoxy groups -OCH3 is 1. The van der Waals surface area contributed by atoms with Crippen LogP contribution >= 0.6 is 0 Å². The van der Waals surface area contributed by atoms with Crippen LogP contribution in [0.4, 0.5) is 5.69 Å². The van der Waals surface area contributed by atoms with Gasteiger partial charge in [0.15, 0.2) is 6.61 Å². The number of rotatable bonds is 8. The van der Waals surface area contributed by atoms with Crippen LogP contribution in [-0.2, 0) is 25.5 Å². The molecule has 0 aromatic heterocycles. The number of esters is 2. The highest BCUT2D eigenvalue weighted by Gasteiger charge is 2.22. The lowest BCUT2D eigenvalue weighted by atomic mass is 10.1. The lowest BCUT2D eigenvalue weighted by Gasteiger charge is -2.16. The molecule has 0 spiro atoms. The van der Waals surface area contributed by atoms with Gasteiger partial charge in [0.1, 0.15) is 6.04 Å². The van der Waals surface area contributed by atoms with Crippen molar-refractivity contribution in [2.75, 3.05) is 13.7 Å². The summed E-state index contributed by atoms with van der Waals surface area (Å²) < 4.78 is 9.58. The minimum atomic E-state index is -0.932. The zero-order chi connectivity index (χ0) is 20.5. The number of nitrogens with one attached hydrogen (secondary N) is 1. The van der Waals surface area contributed by atoms with Crippen LogP contribution in [0.2, 0.25) is 0 Å². The molecule has 0 heterocycles. The van der Waals surface area contributed by atoms with Gasteiger partial charge in [-0.3, -0.25) is 14.9 Å². The summed E-state index contributed by atoms with van der Waals surface area (Å²) >= 11 is 0. The van der Waals surface area contributed by atoms with E-state index in [1.165, 1.54) is 19.2 Å². The maximum atomic E-state index is 12.1. The predicted molar refractivity (Wildman–Crippen MR) is 97.5 cm³/mol. The van der Waals surface area contributed by atoms with Gasteiger partial charge < -0.3 is 14.8 Å². The Morgan fingerprint density at radius 2 is 1.71 bits per heavy atom. The van der Waals surface area contributed by atoms with Crippen LogP contribution in [0, 0.1) is 10.1 Å². The molecule has 2 aromatic rings. The summed E-state index contributed by atoms with van der Waals surface area (Å²) in [5.74, 6) is -2.12. The van der Waals surface area contributed by atoms with E-state index in [-0.39, 0.29) is 17.7 Å². The van der Waals surface area contributed by atoms with E-state index >= 15 is 0 Å². The van der Waals surface area contributed by atoms with E-state index in [9.17, 15) is 24.5 Å². The molecular weight excluding hydrogens is 368 g/mol. The molecule has 1 amide bonds. The van der Waals surface area contributed by atoms with Gasteiger partial charge in [0.25, 0.3) is 11.6 Å². The number of non-ortho nitro benzene ring substituents is 1. The Labute approximate surface area is 160 Å². The molecule has 2 aromatic carbocycles. The number of nitrogens with zero attached hydrogens (tertiary/aromatic N) is 1. The number of nitro groups is 1. The molecule has 0 aliphatic carbocycles. The zero-order valence-electron chi connectivity index (χ0n) is 15.0.